The molecule has 0 atom stereocenters. The summed E-state index contributed by atoms with van der Waals surface area (Å²) in [5, 5.41) is 7.61. The Morgan fingerprint density at radius 2 is 1.02 bits per heavy atom. The van der Waals surface area contributed by atoms with Crippen LogP contribution < -0.4 is 4.90 Å². The molecule has 0 amide bonds. The van der Waals surface area contributed by atoms with Crippen LogP contribution in [0.25, 0.3) is 74.3 Å². The van der Waals surface area contributed by atoms with Gasteiger partial charge in [0.25, 0.3) is 0 Å². The van der Waals surface area contributed by atoms with Crippen molar-refractivity contribution in [3.8, 4) is 22.3 Å². The smallest absolute Gasteiger partial charge is 0.0617 e. The van der Waals surface area contributed by atoms with Gasteiger partial charge in [-0.3, -0.25) is 0 Å². The van der Waals surface area contributed by atoms with Crippen molar-refractivity contribution < 1.29 is 4.42 Å². The number of anilines is 3. The van der Waals surface area contributed by atoms with Gasteiger partial charge in [-0.15, -0.1) is 0 Å². The predicted octanol–water partition coefficient (Wildman–Crippen LogP) is 12.9. The van der Waals surface area contributed by atoms with Gasteiger partial charge < -0.3 is 0 Å². The molecule has 10 rings (SSSR count). The van der Waals surface area contributed by atoms with E-state index in [1.54, 1.807) is 0 Å². The number of nitrogens with zero attached hydrogens (tertiary/aromatic N) is 1. The van der Waals surface area contributed by atoms with Gasteiger partial charge in [-0.1, -0.05) is 18.2 Å². The Morgan fingerprint density at radius 3 is 1.92 bits per heavy atom. The third-order valence-electron chi connectivity index (χ3n) is 9.65. The first-order valence-electron chi connectivity index (χ1n) is 16.6. The van der Waals surface area contributed by atoms with Crippen LogP contribution in [0.15, 0.2) is 180 Å². The monoisotopic (exact) mass is 691 g/mol. The average molecular weight is 691 g/mol. The average Bonchev–Trinajstić information content (AvgIpc) is 3.74. The van der Waals surface area contributed by atoms with Gasteiger partial charge >= 0.3 is 273 Å². The van der Waals surface area contributed by atoms with Crippen molar-refractivity contribution in [3.63, 3.8) is 0 Å². The van der Waals surface area contributed by atoms with Crippen molar-refractivity contribution in [2.24, 2.45) is 0 Å². The summed E-state index contributed by atoms with van der Waals surface area (Å²) in [5.41, 5.74) is 9.88. The summed E-state index contributed by atoms with van der Waals surface area (Å²) in [6, 6.07) is 63.6. The molecule has 0 spiro atoms. The summed E-state index contributed by atoms with van der Waals surface area (Å²) in [6.07, 6.45) is 0. The number of furan rings is 1. The van der Waals surface area contributed by atoms with Crippen LogP contribution in [0.2, 0.25) is 0 Å². The molecule has 0 aliphatic rings. The molecule has 2 aromatic heterocycles. The Morgan fingerprint density at radius 1 is 0.388 bits per heavy atom. The SMILES string of the molecule is c1ccc(-c2ccccc2-c2cccc(N(c3ccc4c(c3)oc3ccccc34)c3ccc4ccc5c6ccccc6[se]c5c4c3)c2)cc1. The van der Waals surface area contributed by atoms with Crippen molar-refractivity contribution in [1.29, 1.82) is 0 Å². The summed E-state index contributed by atoms with van der Waals surface area (Å²) < 4.78 is 9.34. The van der Waals surface area contributed by atoms with Gasteiger partial charge in [-0.05, 0) is 0 Å². The van der Waals surface area contributed by atoms with E-state index in [-0.39, 0.29) is 14.5 Å². The van der Waals surface area contributed by atoms with Gasteiger partial charge in [0, 0.05) is 0 Å². The summed E-state index contributed by atoms with van der Waals surface area (Å²) in [5.74, 6) is 0. The minimum atomic E-state index is 0.253. The van der Waals surface area contributed by atoms with Crippen molar-refractivity contribution in [2.45, 2.75) is 0 Å². The van der Waals surface area contributed by atoms with E-state index in [1.165, 1.54) is 52.3 Å². The Hall–Kier alpha value is -5.86. The van der Waals surface area contributed by atoms with Crippen LogP contribution >= 0.6 is 0 Å². The van der Waals surface area contributed by atoms with Gasteiger partial charge in [-0.2, -0.15) is 0 Å². The van der Waals surface area contributed by atoms with Gasteiger partial charge in [0.1, 0.15) is 0 Å². The number of hydrogen-bond donors (Lipinski definition) is 0. The third-order valence-corrected chi connectivity index (χ3v) is 12.2. The summed E-state index contributed by atoms with van der Waals surface area (Å²) in [7, 11) is 0. The maximum atomic E-state index is 6.42. The van der Waals surface area contributed by atoms with Crippen molar-refractivity contribution in [3.05, 3.63) is 176 Å². The van der Waals surface area contributed by atoms with E-state index in [2.05, 4.69) is 169 Å². The van der Waals surface area contributed by atoms with E-state index in [0.717, 1.165) is 39.0 Å². The first-order chi connectivity index (χ1) is 24.3. The molecule has 0 fully saturated rings. The van der Waals surface area contributed by atoms with E-state index in [1.807, 2.05) is 12.1 Å². The van der Waals surface area contributed by atoms with E-state index in [9.17, 15) is 0 Å². The number of benzene rings is 8. The molecule has 0 unspecified atom stereocenters. The van der Waals surface area contributed by atoms with Gasteiger partial charge in [0.15, 0.2) is 0 Å². The van der Waals surface area contributed by atoms with Crippen LogP contribution in [0, 0.1) is 0 Å². The summed E-state index contributed by atoms with van der Waals surface area (Å²) in [4.78, 5) is 2.38. The molecule has 0 aliphatic heterocycles. The molecule has 10 aromatic rings. The van der Waals surface area contributed by atoms with Crippen LogP contribution in [-0.2, 0) is 0 Å². The Bertz CT molecular complexity index is 2840. The van der Waals surface area contributed by atoms with Gasteiger partial charge in [0.2, 0.25) is 0 Å². The molecule has 0 radical (unpaired) electrons. The number of fused-ring (bicyclic) bond motifs is 8. The van der Waals surface area contributed by atoms with Crippen molar-refractivity contribution >= 4 is 83.6 Å². The van der Waals surface area contributed by atoms with Crippen LogP contribution in [0.1, 0.15) is 0 Å². The molecule has 2 nitrogen and oxygen atoms in total. The Labute approximate surface area is 289 Å². The summed E-state index contributed by atoms with van der Waals surface area (Å²) >= 11 is 0.253. The topological polar surface area (TPSA) is 16.4 Å². The third kappa shape index (κ3) is 4.70. The maximum absolute atomic E-state index is 6.42. The summed E-state index contributed by atoms with van der Waals surface area (Å²) in [6.45, 7) is 0. The van der Waals surface area contributed by atoms with Crippen LogP contribution in [-0.4, -0.2) is 14.5 Å². The van der Waals surface area contributed by atoms with Crippen molar-refractivity contribution in [1.82, 2.24) is 0 Å². The van der Waals surface area contributed by atoms with Crippen molar-refractivity contribution in [2.75, 3.05) is 4.90 Å². The first-order valence-corrected chi connectivity index (χ1v) is 18.3. The molecular weight excluding hydrogens is 661 g/mol. The molecule has 0 saturated heterocycles. The van der Waals surface area contributed by atoms with E-state index < -0.39 is 0 Å². The van der Waals surface area contributed by atoms with E-state index in [0.29, 0.717) is 0 Å². The minimum Gasteiger partial charge on any atom is -0.0617 e. The van der Waals surface area contributed by atoms with Crippen LogP contribution in [0.5, 0.6) is 0 Å². The normalized spacial score (nSPS) is 11.7. The Kier molecular flexibility index (Phi) is 6.55. The second-order valence-electron chi connectivity index (χ2n) is 12.5. The van der Waals surface area contributed by atoms with Gasteiger partial charge in [0.05, 0.1) is 0 Å². The molecule has 0 saturated carbocycles. The molecule has 8 aromatic carbocycles. The quantitative estimate of drug-likeness (QED) is 0.167. The molecule has 49 heavy (non-hydrogen) atoms. The zero-order valence-corrected chi connectivity index (χ0v) is 28.2. The molecule has 2 heterocycles. The fraction of sp³-hybridized carbons (Fsp3) is 0. The fourth-order valence-electron chi connectivity index (χ4n) is 7.35. The van der Waals surface area contributed by atoms with E-state index in [4.69, 9.17) is 4.42 Å². The molecule has 0 aliphatic carbocycles. The van der Waals surface area contributed by atoms with E-state index >= 15 is 0 Å². The number of para-hydroxylation sites is 1. The second-order valence-corrected chi connectivity index (χ2v) is 14.7. The Balaban J connectivity index is 1.20. The zero-order valence-electron chi connectivity index (χ0n) is 26.5. The molecular formula is C46H29NOSe. The zero-order chi connectivity index (χ0) is 32.3. The fourth-order valence-corrected chi connectivity index (χ4v) is 9.93. The number of hydrogen-bond acceptors (Lipinski definition) is 2. The molecule has 0 N–H and O–H groups in total. The standard InChI is InChI=1S/C46H29NOSe/c1-2-11-30(12-3-1)36-15-4-5-16-37(36)32-13-10-14-33(27-32)47(35-24-26-39-38-17-6-8-19-43(38)48-44(39)29-35)34-23-21-31-22-25-41-40-18-7-9-20-45(40)49-46(41)42(31)28-34/h1-29H. The first kappa shape index (κ1) is 28.2. The predicted molar refractivity (Wildman–Crippen MR) is 209 cm³/mol. The molecule has 230 valence electrons. The minimum absolute atomic E-state index is 0.253. The number of rotatable bonds is 5. The molecule has 0 bridgehead atoms. The van der Waals surface area contributed by atoms with Crippen LogP contribution in [0.4, 0.5) is 17.1 Å². The van der Waals surface area contributed by atoms with Gasteiger partial charge in [-0.25, -0.2) is 0 Å². The van der Waals surface area contributed by atoms with Crippen LogP contribution in [0.3, 0.4) is 0 Å². The second kappa shape index (κ2) is 11.4. The molecule has 3 heteroatoms.